The zero-order valence-corrected chi connectivity index (χ0v) is 16.4. The van der Waals surface area contributed by atoms with Crippen LogP contribution < -0.4 is 5.32 Å². The molecule has 3 aromatic rings. The van der Waals surface area contributed by atoms with E-state index >= 15 is 0 Å². The minimum atomic E-state index is 0.533. The molecule has 0 atom stereocenters. The van der Waals surface area contributed by atoms with Gasteiger partial charge >= 0.3 is 0 Å². The van der Waals surface area contributed by atoms with Crippen molar-refractivity contribution >= 4 is 5.95 Å². The summed E-state index contributed by atoms with van der Waals surface area (Å²) in [5.74, 6) is 1.25. The van der Waals surface area contributed by atoms with E-state index in [0.717, 1.165) is 51.4 Å². The summed E-state index contributed by atoms with van der Waals surface area (Å²) in [5.41, 5.74) is 4.93. The molecule has 3 heterocycles. The maximum absolute atomic E-state index is 4.42. The highest BCUT2D eigenvalue weighted by atomic mass is 15.1. The van der Waals surface area contributed by atoms with Gasteiger partial charge in [0.05, 0.1) is 6.20 Å². The molecule has 28 heavy (non-hydrogen) atoms. The molecule has 0 radical (unpaired) electrons. The molecule has 1 aliphatic heterocycles. The molecule has 1 aromatic carbocycles. The number of nitrogens with zero attached hydrogens (tertiary/aromatic N) is 4. The van der Waals surface area contributed by atoms with Crippen LogP contribution in [0, 0.1) is 0 Å². The highest BCUT2D eigenvalue weighted by Crippen LogP contribution is 2.34. The molecule has 0 amide bonds. The van der Waals surface area contributed by atoms with Crippen LogP contribution >= 0.6 is 0 Å². The lowest BCUT2D eigenvalue weighted by Gasteiger charge is -2.31. The lowest BCUT2D eigenvalue weighted by atomic mass is 9.89. The van der Waals surface area contributed by atoms with Gasteiger partial charge in [0.15, 0.2) is 0 Å². The van der Waals surface area contributed by atoms with Crippen LogP contribution in [-0.4, -0.2) is 44.7 Å². The van der Waals surface area contributed by atoms with Crippen LogP contribution in [0.2, 0.25) is 0 Å². The van der Waals surface area contributed by atoms with Crippen LogP contribution in [-0.2, 0) is 6.54 Å². The lowest BCUT2D eigenvalue weighted by Crippen LogP contribution is -2.32. The number of piperidine rings is 1. The van der Waals surface area contributed by atoms with Gasteiger partial charge in [-0.15, -0.1) is 0 Å². The molecule has 0 saturated carbocycles. The molecule has 2 N–H and O–H groups in total. The van der Waals surface area contributed by atoms with Crippen molar-refractivity contribution < 1.29 is 0 Å². The van der Waals surface area contributed by atoms with E-state index in [1.54, 1.807) is 0 Å². The summed E-state index contributed by atoms with van der Waals surface area (Å²) in [5, 5.41) is 10.8. The Balaban J connectivity index is 1.34. The molecule has 0 spiro atoms. The number of aromatic nitrogens is 4. The van der Waals surface area contributed by atoms with E-state index < -0.39 is 0 Å². The van der Waals surface area contributed by atoms with E-state index in [9.17, 15) is 0 Å². The summed E-state index contributed by atoms with van der Waals surface area (Å²) < 4.78 is 0. The van der Waals surface area contributed by atoms with Gasteiger partial charge in [-0.25, -0.2) is 9.97 Å². The molecular weight excluding hydrogens is 348 g/mol. The second-order valence-corrected chi connectivity index (χ2v) is 7.46. The van der Waals surface area contributed by atoms with E-state index in [1.807, 2.05) is 18.6 Å². The first-order valence-corrected chi connectivity index (χ1v) is 10.2. The Bertz CT molecular complexity index is 850. The maximum atomic E-state index is 4.42. The zero-order chi connectivity index (χ0) is 19.2. The SMILES string of the molecule is CCCNc1ncc(CN2CCC(c3[nH]ncc3-c3ccccc3)CC2)cn1. The van der Waals surface area contributed by atoms with Crippen LogP contribution in [0.1, 0.15) is 43.4 Å². The summed E-state index contributed by atoms with van der Waals surface area (Å²) in [4.78, 5) is 11.3. The number of anilines is 1. The van der Waals surface area contributed by atoms with E-state index in [4.69, 9.17) is 0 Å². The number of hydrogen-bond donors (Lipinski definition) is 2. The Morgan fingerprint density at radius 3 is 2.54 bits per heavy atom. The Morgan fingerprint density at radius 1 is 1.07 bits per heavy atom. The Kier molecular flexibility index (Phi) is 5.97. The number of nitrogens with one attached hydrogen (secondary N) is 2. The van der Waals surface area contributed by atoms with Gasteiger partial charge in [0.25, 0.3) is 0 Å². The molecule has 146 valence electrons. The minimum Gasteiger partial charge on any atom is -0.354 e. The largest absolute Gasteiger partial charge is 0.354 e. The first-order valence-electron chi connectivity index (χ1n) is 10.2. The number of H-pyrrole nitrogens is 1. The van der Waals surface area contributed by atoms with E-state index in [-0.39, 0.29) is 0 Å². The van der Waals surface area contributed by atoms with E-state index in [1.165, 1.54) is 22.4 Å². The zero-order valence-electron chi connectivity index (χ0n) is 16.4. The van der Waals surface area contributed by atoms with Gasteiger partial charge in [0, 0.05) is 48.2 Å². The summed E-state index contributed by atoms with van der Waals surface area (Å²) in [7, 11) is 0. The number of likely N-dealkylation sites (tertiary alicyclic amines) is 1. The van der Waals surface area contributed by atoms with Crippen molar-refractivity contribution in [3.8, 4) is 11.1 Å². The Labute approximate surface area is 166 Å². The van der Waals surface area contributed by atoms with Crippen molar-refractivity contribution in [3.63, 3.8) is 0 Å². The maximum Gasteiger partial charge on any atom is 0.222 e. The summed E-state index contributed by atoms with van der Waals surface area (Å²) in [6, 6.07) is 10.5. The van der Waals surface area contributed by atoms with Crippen molar-refractivity contribution in [2.24, 2.45) is 0 Å². The van der Waals surface area contributed by atoms with Crippen LogP contribution in [0.25, 0.3) is 11.1 Å². The van der Waals surface area contributed by atoms with Gasteiger partial charge in [0.1, 0.15) is 0 Å². The smallest absolute Gasteiger partial charge is 0.222 e. The highest BCUT2D eigenvalue weighted by molar-refractivity contribution is 5.65. The summed E-state index contributed by atoms with van der Waals surface area (Å²) >= 11 is 0. The van der Waals surface area contributed by atoms with Crippen LogP contribution in [0.5, 0.6) is 0 Å². The molecule has 4 rings (SSSR count). The monoisotopic (exact) mass is 376 g/mol. The number of benzene rings is 1. The molecule has 1 fully saturated rings. The normalized spacial score (nSPS) is 15.6. The van der Waals surface area contributed by atoms with Crippen molar-refractivity contribution in [1.29, 1.82) is 0 Å². The number of hydrogen-bond acceptors (Lipinski definition) is 5. The highest BCUT2D eigenvalue weighted by Gasteiger charge is 2.24. The van der Waals surface area contributed by atoms with Gasteiger partial charge in [-0.2, -0.15) is 5.10 Å². The fourth-order valence-electron chi connectivity index (χ4n) is 3.86. The van der Waals surface area contributed by atoms with Crippen LogP contribution in [0.3, 0.4) is 0 Å². The van der Waals surface area contributed by atoms with Crippen molar-refractivity contribution in [1.82, 2.24) is 25.1 Å². The first kappa shape index (κ1) is 18.6. The predicted octanol–water partition coefficient (Wildman–Crippen LogP) is 4.07. The van der Waals surface area contributed by atoms with Gasteiger partial charge in [-0.1, -0.05) is 37.3 Å². The average Bonchev–Trinajstić information content (AvgIpc) is 3.24. The third-order valence-corrected chi connectivity index (χ3v) is 5.39. The minimum absolute atomic E-state index is 0.533. The average molecular weight is 377 g/mol. The summed E-state index contributed by atoms with van der Waals surface area (Å²) in [6.07, 6.45) is 9.20. The van der Waals surface area contributed by atoms with E-state index in [2.05, 4.69) is 67.6 Å². The first-order chi connectivity index (χ1) is 13.8. The van der Waals surface area contributed by atoms with Crippen molar-refractivity contribution in [2.75, 3.05) is 25.0 Å². The molecule has 0 unspecified atom stereocenters. The van der Waals surface area contributed by atoms with Gasteiger partial charge in [-0.05, 0) is 37.9 Å². The Hall–Kier alpha value is -2.73. The van der Waals surface area contributed by atoms with Crippen molar-refractivity contribution in [3.05, 3.63) is 60.2 Å². The van der Waals surface area contributed by atoms with E-state index in [0.29, 0.717) is 5.92 Å². The second kappa shape index (κ2) is 8.97. The second-order valence-electron chi connectivity index (χ2n) is 7.46. The lowest BCUT2D eigenvalue weighted by molar-refractivity contribution is 0.203. The third-order valence-electron chi connectivity index (χ3n) is 5.39. The van der Waals surface area contributed by atoms with Crippen LogP contribution in [0.4, 0.5) is 5.95 Å². The van der Waals surface area contributed by atoms with Gasteiger partial charge in [-0.3, -0.25) is 10.00 Å². The topological polar surface area (TPSA) is 69.7 Å². The molecule has 6 nitrogen and oxygen atoms in total. The molecule has 0 aliphatic carbocycles. The Morgan fingerprint density at radius 2 is 1.82 bits per heavy atom. The fourth-order valence-corrected chi connectivity index (χ4v) is 3.86. The predicted molar refractivity (Wildman–Crippen MR) is 112 cm³/mol. The van der Waals surface area contributed by atoms with Crippen LogP contribution in [0.15, 0.2) is 48.9 Å². The molecule has 1 saturated heterocycles. The molecular formula is C22H28N6. The molecule has 2 aromatic heterocycles. The fraction of sp³-hybridized carbons (Fsp3) is 0.409. The molecule has 0 bridgehead atoms. The number of rotatable bonds is 7. The molecule has 6 heteroatoms. The quantitative estimate of drug-likeness (QED) is 0.650. The standard InChI is InChI=1S/C22H28N6/c1-2-10-23-22-24-13-17(14-25-22)16-28-11-8-19(9-12-28)21-20(15-26-27-21)18-6-4-3-5-7-18/h3-7,13-15,19H,2,8-12,16H2,1H3,(H,26,27)(H,23,24,25). The van der Waals surface area contributed by atoms with Gasteiger partial charge < -0.3 is 5.32 Å². The molecule has 1 aliphatic rings. The number of aromatic amines is 1. The third kappa shape index (κ3) is 4.39. The summed E-state index contributed by atoms with van der Waals surface area (Å²) in [6.45, 7) is 6.11. The van der Waals surface area contributed by atoms with Crippen molar-refractivity contribution in [2.45, 2.75) is 38.6 Å². The van der Waals surface area contributed by atoms with Gasteiger partial charge in [0.2, 0.25) is 5.95 Å².